The van der Waals surface area contributed by atoms with Crippen molar-refractivity contribution >= 4 is 28.9 Å². The number of hydrogen-bond acceptors (Lipinski definition) is 9. The second-order valence-corrected chi connectivity index (χ2v) is 5.68. The lowest BCUT2D eigenvalue weighted by molar-refractivity contribution is -0.152. The largest absolute Gasteiger partial charge is 0.479 e. The van der Waals surface area contributed by atoms with E-state index in [0.29, 0.717) is 0 Å². The van der Waals surface area contributed by atoms with E-state index < -0.39 is 42.4 Å². The van der Waals surface area contributed by atoms with Crippen LogP contribution in [0.3, 0.4) is 0 Å². The number of nitrogens with one attached hydrogen (secondary N) is 1. The minimum absolute atomic E-state index is 0.132. The Labute approximate surface area is 140 Å². The fraction of sp³-hybridized carbons (Fsp3) is 0.462. The molecule has 2 aromatic heterocycles. The van der Waals surface area contributed by atoms with Crippen LogP contribution in [0.4, 0.5) is 5.82 Å². The molecule has 3 heterocycles. The zero-order valence-electron chi connectivity index (χ0n) is 13.1. The molecule has 1 amide bonds. The van der Waals surface area contributed by atoms with Gasteiger partial charge in [0.15, 0.2) is 23.8 Å². The molecule has 1 aliphatic rings. The molecule has 0 saturated carbocycles. The average Bonchev–Trinajstić information content (AvgIpc) is 3.10. The van der Waals surface area contributed by atoms with Crippen LogP contribution in [0.15, 0.2) is 12.7 Å². The highest BCUT2D eigenvalue weighted by Gasteiger charge is 2.49. The Bertz CT molecular complexity index is 822. The van der Waals surface area contributed by atoms with Gasteiger partial charge in [-0.15, -0.1) is 0 Å². The van der Waals surface area contributed by atoms with E-state index in [2.05, 4.69) is 20.3 Å². The van der Waals surface area contributed by atoms with Crippen molar-refractivity contribution in [2.75, 3.05) is 5.73 Å². The van der Waals surface area contributed by atoms with Crippen LogP contribution in [0.5, 0.6) is 0 Å². The number of carboxylic acid groups (broad SMARTS) is 1. The number of carboxylic acids is 1. The minimum atomic E-state index is -1.47. The number of amides is 1. The minimum Gasteiger partial charge on any atom is -0.479 e. The first-order valence-corrected chi connectivity index (χ1v) is 7.36. The predicted molar refractivity (Wildman–Crippen MR) is 82.9 cm³/mol. The lowest BCUT2D eigenvalue weighted by Gasteiger charge is -2.21. The molecular weight excluding hydrogens is 334 g/mol. The number of carbonyl (C=O) groups excluding carboxylic acids is 1. The molecule has 0 spiro atoms. The molecule has 0 aliphatic carbocycles. The van der Waals surface area contributed by atoms with E-state index in [0.717, 1.165) is 0 Å². The van der Waals surface area contributed by atoms with Crippen LogP contribution in [0, 0.1) is 0 Å². The van der Waals surface area contributed by atoms with Crippen molar-refractivity contribution < 1.29 is 24.5 Å². The molecule has 0 bridgehead atoms. The van der Waals surface area contributed by atoms with Gasteiger partial charge in [-0.05, 0) is 6.92 Å². The Morgan fingerprint density at radius 2 is 2.12 bits per heavy atom. The zero-order valence-corrected chi connectivity index (χ0v) is 13.1. The molecule has 0 aromatic carbocycles. The van der Waals surface area contributed by atoms with Gasteiger partial charge in [-0.25, -0.2) is 19.7 Å². The zero-order chi connectivity index (χ0) is 18.3. The van der Waals surface area contributed by atoms with Crippen LogP contribution in [0.1, 0.15) is 13.2 Å². The first-order chi connectivity index (χ1) is 11.8. The van der Waals surface area contributed by atoms with Gasteiger partial charge in [-0.2, -0.15) is 0 Å². The van der Waals surface area contributed by atoms with Gasteiger partial charge < -0.3 is 31.7 Å². The van der Waals surface area contributed by atoms with Gasteiger partial charge in [0.2, 0.25) is 5.91 Å². The third-order valence-corrected chi connectivity index (χ3v) is 3.90. The number of aliphatic hydroxyl groups is 1. The number of nitrogens with zero attached hydrogens (tertiary/aromatic N) is 4. The Morgan fingerprint density at radius 1 is 1.40 bits per heavy atom. The average molecular weight is 351 g/mol. The van der Waals surface area contributed by atoms with Gasteiger partial charge in [0.25, 0.3) is 0 Å². The highest BCUT2D eigenvalue weighted by molar-refractivity contribution is 5.83. The molecule has 3 rings (SSSR count). The van der Waals surface area contributed by atoms with Crippen molar-refractivity contribution in [3.63, 3.8) is 0 Å². The van der Waals surface area contributed by atoms with E-state index in [4.69, 9.17) is 16.2 Å². The summed E-state index contributed by atoms with van der Waals surface area (Å²) >= 11 is 0. The number of aliphatic hydroxyl groups excluding tert-OH is 1. The number of carbonyl (C=O) groups is 2. The Morgan fingerprint density at radius 3 is 2.76 bits per heavy atom. The number of nitrogen functional groups attached to an aromatic ring is 1. The van der Waals surface area contributed by atoms with Crippen molar-refractivity contribution in [3.8, 4) is 0 Å². The summed E-state index contributed by atoms with van der Waals surface area (Å²) in [5, 5.41) is 22.3. The maximum Gasteiger partial charge on any atom is 0.335 e. The van der Waals surface area contributed by atoms with Crippen LogP contribution >= 0.6 is 0 Å². The standard InChI is InChI=1S/C13H17N7O5/c1-4(14)11(22)19-5-7(21)12(25-8(5)13(23)24)20-3-18-6-9(15)16-2-17-10(6)20/h2-5,7-8,12,21H,14H2,1H3,(H,19,22)(H,23,24)(H2,15,16,17). The SMILES string of the molecule is CC(N)C(=O)NC1C(C(=O)O)OC(n2cnc3c(N)ncnc32)C1O. The lowest BCUT2D eigenvalue weighted by atomic mass is 10.1. The normalized spacial score (nSPS) is 27.3. The van der Waals surface area contributed by atoms with Crippen molar-refractivity contribution in [2.45, 2.75) is 37.4 Å². The van der Waals surface area contributed by atoms with Crippen LogP contribution in [0.2, 0.25) is 0 Å². The summed E-state index contributed by atoms with van der Waals surface area (Å²) in [6.07, 6.45) is -1.48. The number of ether oxygens (including phenoxy) is 1. The molecule has 7 N–H and O–H groups in total. The van der Waals surface area contributed by atoms with Crippen molar-refractivity contribution in [2.24, 2.45) is 5.73 Å². The van der Waals surface area contributed by atoms with Crippen LogP contribution in [-0.4, -0.2) is 65.9 Å². The Hall–Kier alpha value is -2.83. The first-order valence-electron chi connectivity index (χ1n) is 7.36. The molecule has 5 unspecified atom stereocenters. The molecule has 134 valence electrons. The van der Waals surface area contributed by atoms with Gasteiger partial charge in [0.05, 0.1) is 18.4 Å². The van der Waals surface area contributed by atoms with Gasteiger partial charge in [-0.3, -0.25) is 9.36 Å². The van der Waals surface area contributed by atoms with Crippen LogP contribution in [0.25, 0.3) is 11.2 Å². The third kappa shape index (κ3) is 2.86. The molecule has 1 saturated heterocycles. The molecule has 1 aliphatic heterocycles. The molecule has 5 atom stereocenters. The second kappa shape index (κ2) is 6.23. The molecule has 2 aromatic rings. The van der Waals surface area contributed by atoms with Crippen LogP contribution in [-0.2, 0) is 14.3 Å². The Kier molecular flexibility index (Phi) is 4.24. The molecule has 0 radical (unpaired) electrons. The number of aromatic nitrogens is 4. The molecule has 1 fully saturated rings. The summed E-state index contributed by atoms with van der Waals surface area (Å²) in [6.45, 7) is 1.44. The lowest BCUT2D eigenvalue weighted by Crippen LogP contribution is -2.53. The molecular formula is C13H17N7O5. The highest BCUT2D eigenvalue weighted by Crippen LogP contribution is 2.32. The summed E-state index contributed by atoms with van der Waals surface area (Å²) in [6, 6.07) is -2.07. The van der Waals surface area contributed by atoms with E-state index in [1.54, 1.807) is 0 Å². The highest BCUT2D eigenvalue weighted by atomic mass is 16.6. The quantitative estimate of drug-likeness (QED) is 0.396. The number of imidazole rings is 1. The fourth-order valence-corrected chi connectivity index (χ4v) is 2.63. The Balaban J connectivity index is 1.96. The fourth-order valence-electron chi connectivity index (χ4n) is 2.63. The summed E-state index contributed by atoms with van der Waals surface area (Å²) in [5.74, 6) is -1.82. The van der Waals surface area contributed by atoms with Gasteiger partial charge >= 0.3 is 5.97 Å². The number of rotatable bonds is 4. The summed E-state index contributed by atoms with van der Waals surface area (Å²) in [7, 11) is 0. The van der Waals surface area contributed by atoms with Crippen LogP contribution < -0.4 is 16.8 Å². The molecule has 12 heteroatoms. The predicted octanol–water partition coefficient (Wildman–Crippen LogP) is -2.42. The van der Waals surface area contributed by atoms with E-state index >= 15 is 0 Å². The van der Waals surface area contributed by atoms with Crippen molar-refractivity contribution in [1.29, 1.82) is 0 Å². The van der Waals surface area contributed by atoms with Gasteiger partial charge in [0.1, 0.15) is 17.9 Å². The molecule has 12 nitrogen and oxygen atoms in total. The second-order valence-electron chi connectivity index (χ2n) is 5.68. The van der Waals surface area contributed by atoms with E-state index in [1.165, 1.54) is 24.1 Å². The van der Waals surface area contributed by atoms with E-state index in [1.807, 2.05) is 0 Å². The van der Waals surface area contributed by atoms with Gasteiger partial charge in [-0.1, -0.05) is 0 Å². The number of aliphatic carboxylic acids is 1. The smallest absolute Gasteiger partial charge is 0.335 e. The number of fused-ring (bicyclic) bond motifs is 1. The number of nitrogens with two attached hydrogens (primary N) is 2. The van der Waals surface area contributed by atoms with Gasteiger partial charge in [0, 0.05) is 0 Å². The summed E-state index contributed by atoms with van der Waals surface area (Å²) in [5.41, 5.74) is 11.7. The topological polar surface area (TPSA) is 191 Å². The molecule has 25 heavy (non-hydrogen) atoms. The summed E-state index contributed by atoms with van der Waals surface area (Å²) < 4.78 is 6.78. The number of hydrogen-bond donors (Lipinski definition) is 5. The van der Waals surface area contributed by atoms with Crippen molar-refractivity contribution in [1.82, 2.24) is 24.8 Å². The van der Waals surface area contributed by atoms with E-state index in [9.17, 15) is 19.8 Å². The van der Waals surface area contributed by atoms with E-state index in [-0.39, 0.29) is 17.0 Å². The van der Waals surface area contributed by atoms with Crippen molar-refractivity contribution in [3.05, 3.63) is 12.7 Å². The third-order valence-electron chi connectivity index (χ3n) is 3.90. The number of anilines is 1. The maximum atomic E-state index is 11.8. The first kappa shape index (κ1) is 17.0. The maximum absolute atomic E-state index is 11.8. The summed E-state index contributed by atoms with van der Waals surface area (Å²) in [4.78, 5) is 35.1. The monoisotopic (exact) mass is 351 g/mol.